The molecule has 0 radical (unpaired) electrons. The number of nitrogens with zero attached hydrogens (tertiary/aromatic N) is 2. The van der Waals surface area contributed by atoms with E-state index >= 15 is 0 Å². The van der Waals surface area contributed by atoms with Gasteiger partial charge in [0.2, 0.25) is 5.69 Å². The Hall–Kier alpha value is -1.42. The predicted molar refractivity (Wildman–Crippen MR) is 56.3 cm³/mol. The second-order valence-electron chi connectivity index (χ2n) is 3.68. The highest BCUT2D eigenvalue weighted by Gasteiger charge is 2.21. The van der Waals surface area contributed by atoms with Crippen LogP contribution in [0.2, 0.25) is 0 Å². The molecule has 0 fully saturated rings. The first-order valence-electron chi connectivity index (χ1n) is 5.05. The SMILES string of the molecule is O=c1cccc2n1CC[n+]1ccccc1-2.[Br-]. The molecule has 16 heavy (non-hydrogen) atoms. The average molecular weight is 279 g/mol. The van der Waals surface area contributed by atoms with Crippen LogP contribution in [0.5, 0.6) is 0 Å². The number of aromatic nitrogens is 2. The van der Waals surface area contributed by atoms with Gasteiger partial charge in [-0.15, -0.1) is 0 Å². The van der Waals surface area contributed by atoms with Crippen LogP contribution in [0, 0.1) is 0 Å². The molecule has 0 saturated carbocycles. The third kappa shape index (κ3) is 1.59. The Morgan fingerprint density at radius 1 is 1.12 bits per heavy atom. The minimum Gasteiger partial charge on any atom is -1.00 e. The number of hydrogen-bond acceptors (Lipinski definition) is 1. The van der Waals surface area contributed by atoms with Crippen LogP contribution in [0.4, 0.5) is 0 Å². The summed E-state index contributed by atoms with van der Waals surface area (Å²) in [6, 6.07) is 11.5. The summed E-state index contributed by atoms with van der Waals surface area (Å²) in [6.07, 6.45) is 2.05. The van der Waals surface area contributed by atoms with Crippen LogP contribution in [0.15, 0.2) is 47.4 Å². The largest absolute Gasteiger partial charge is 1.00 e. The maximum Gasteiger partial charge on any atom is 0.251 e. The minimum atomic E-state index is 0. The van der Waals surface area contributed by atoms with E-state index in [1.54, 1.807) is 6.07 Å². The number of halogens is 1. The summed E-state index contributed by atoms with van der Waals surface area (Å²) in [7, 11) is 0. The summed E-state index contributed by atoms with van der Waals surface area (Å²) in [4.78, 5) is 11.6. The van der Waals surface area contributed by atoms with Crippen molar-refractivity contribution in [3.05, 3.63) is 52.9 Å². The van der Waals surface area contributed by atoms with E-state index in [1.807, 2.05) is 34.9 Å². The molecular formula is C12H11BrN2O. The van der Waals surface area contributed by atoms with E-state index < -0.39 is 0 Å². The van der Waals surface area contributed by atoms with Crippen LogP contribution in [0.25, 0.3) is 11.4 Å². The van der Waals surface area contributed by atoms with E-state index in [1.165, 1.54) is 0 Å². The normalized spacial score (nSPS) is 12.2. The number of pyridine rings is 2. The zero-order chi connectivity index (χ0) is 10.3. The molecule has 0 amide bonds. The van der Waals surface area contributed by atoms with Crippen molar-refractivity contribution in [2.24, 2.45) is 0 Å². The van der Waals surface area contributed by atoms with Crippen molar-refractivity contribution < 1.29 is 21.5 Å². The summed E-state index contributed by atoms with van der Waals surface area (Å²) >= 11 is 0. The van der Waals surface area contributed by atoms with Gasteiger partial charge in [-0.1, -0.05) is 6.07 Å². The molecule has 1 aliphatic rings. The Labute approximate surface area is 104 Å². The van der Waals surface area contributed by atoms with E-state index in [-0.39, 0.29) is 22.5 Å². The van der Waals surface area contributed by atoms with Crippen molar-refractivity contribution in [2.45, 2.75) is 13.1 Å². The third-order valence-corrected chi connectivity index (χ3v) is 2.82. The van der Waals surface area contributed by atoms with Gasteiger partial charge >= 0.3 is 0 Å². The number of aryl methyl sites for hydroxylation is 1. The summed E-state index contributed by atoms with van der Waals surface area (Å²) in [6.45, 7) is 1.63. The second-order valence-corrected chi connectivity index (χ2v) is 3.68. The van der Waals surface area contributed by atoms with E-state index in [9.17, 15) is 4.79 Å². The van der Waals surface area contributed by atoms with Crippen LogP contribution in [-0.2, 0) is 13.1 Å². The number of rotatable bonds is 0. The van der Waals surface area contributed by atoms with Gasteiger partial charge in [-0.3, -0.25) is 9.36 Å². The lowest BCUT2D eigenvalue weighted by Crippen LogP contribution is -3.00. The molecule has 3 rings (SSSR count). The molecule has 0 atom stereocenters. The van der Waals surface area contributed by atoms with Crippen LogP contribution >= 0.6 is 0 Å². The Morgan fingerprint density at radius 3 is 2.88 bits per heavy atom. The first-order chi connectivity index (χ1) is 7.36. The standard InChI is InChI=1S/C12H11N2O.BrH/c15-12-6-3-5-11-10-4-1-2-7-13(10)8-9-14(11)12;/h1-7H,8-9H2;1H/q+1;/p-1. The summed E-state index contributed by atoms with van der Waals surface area (Å²) in [5.74, 6) is 0. The van der Waals surface area contributed by atoms with Gasteiger partial charge in [0.15, 0.2) is 12.7 Å². The highest BCUT2D eigenvalue weighted by atomic mass is 79.9. The summed E-state index contributed by atoms with van der Waals surface area (Å²) < 4.78 is 4.00. The molecular weight excluding hydrogens is 268 g/mol. The zero-order valence-electron chi connectivity index (χ0n) is 8.64. The molecule has 2 aromatic heterocycles. The van der Waals surface area contributed by atoms with Crippen molar-refractivity contribution in [1.29, 1.82) is 0 Å². The summed E-state index contributed by atoms with van der Waals surface area (Å²) in [5.41, 5.74) is 2.21. The molecule has 0 N–H and O–H groups in total. The molecule has 3 heterocycles. The first kappa shape index (κ1) is 11.1. The second kappa shape index (κ2) is 4.22. The van der Waals surface area contributed by atoms with Crippen LogP contribution in [0.3, 0.4) is 0 Å². The lowest BCUT2D eigenvalue weighted by atomic mass is 10.2. The fourth-order valence-electron chi connectivity index (χ4n) is 2.09. The van der Waals surface area contributed by atoms with E-state index in [2.05, 4.69) is 10.8 Å². The van der Waals surface area contributed by atoms with E-state index in [0.29, 0.717) is 0 Å². The molecule has 0 spiro atoms. The van der Waals surface area contributed by atoms with Gasteiger partial charge in [0.25, 0.3) is 5.56 Å². The smallest absolute Gasteiger partial charge is 0.251 e. The van der Waals surface area contributed by atoms with Crippen molar-refractivity contribution >= 4 is 0 Å². The molecule has 82 valence electrons. The van der Waals surface area contributed by atoms with Gasteiger partial charge in [-0.2, -0.15) is 4.57 Å². The topological polar surface area (TPSA) is 25.9 Å². The number of fused-ring (bicyclic) bond motifs is 3. The summed E-state index contributed by atoms with van der Waals surface area (Å²) in [5, 5.41) is 0. The Morgan fingerprint density at radius 2 is 2.00 bits per heavy atom. The molecule has 0 bridgehead atoms. The molecule has 3 nitrogen and oxygen atoms in total. The van der Waals surface area contributed by atoms with Crippen LogP contribution in [-0.4, -0.2) is 4.57 Å². The van der Waals surface area contributed by atoms with Crippen molar-refractivity contribution in [3.63, 3.8) is 0 Å². The van der Waals surface area contributed by atoms with Crippen molar-refractivity contribution in [2.75, 3.05) is 0 Å². The fraction of sp³-hybridized carbons (Fsp3) is 0.167. The molecule has 4 heteroatoms. The lowest BCUT2D eigenvalue weighted by Gasteiger charge is -2.15. The lowest BCUT2D eigenvalue weighted by molar-refractivity contribution is -0.690. The van der Waals surface area contributed by atoms with Crippen LogP contribution in [0.1, 0.15) is 0 Å². The molecule has 1 aliphatic heterocycles. The molecule has 0 aliphatic carbocycles. The highest BCUT2D eigenvalue weighted by molar-refractivity contribution is 5.51. The first-order valence-corrected chi connectivity index (χ1v) is 5.05. The van der Waals surface area contributed by atoms with Gasteiger partial charge in [-0.25, -0.2) is 0 Å². The van der Waals surface area contributed by atoms with Crippen molar-refractivity contribution in [1.82, 2.24) is 4.57 Å². The van der Waals surface area contributed by atoms with Crippen molar-refractivity contribution in [3.8, 4) is 11.4 Å². The minimum absolute atomic E-state index is 0. The van der Waals surface area contributed by atoms with Gasteiger partial charge in [0.05, 0.1) is 6.54 Å². The Balaban J connectivity index is 0.000000963. The van der Waals surface area contributed by atoms with Gasteiger partial charge in [-0.05, 0) is 12.1 Å². The Bertz CT molecular complexity index is 577. The average Bonchev–Trinajstić information content (AvgIpc) is 2.29. The van der Waals surface area contributed by atoms with E-state index in [0.717, 1.165) is 24.5 Å². The number of hydrogen-bond donors (Lipinski definition) is 0. The van der Waals surface area contributed by atoms with Gasteiger partial charge in [0, 0.05) is 18.2 Å². The highest BCUT2D eigenvalue weighted by Crippen LogP contribution is 2.15. The maximum atomic E-state index is 11.6. The predicted octanol–water partition coefficient (Wildman–Crippen LogP) is -2.18. The Kier molecular flexibility index (Phi) is 2.92. The monoisotopic (exact) mass is 278 g/mol. The van der Waals surface area contributed by atoms with Gasteiger partial charge < -0.3 is 17.0 Å². The van der Waals surface area contributed by atoms with E-state index in [4.69, 9.17) is 0 Å². The van der Waals surface area contributed by atoms with Gasteiger partial charge in [0.1, 0.15) is 5.69 Å². The molecule has 0 saturated heterocycles. The quantitative estimate of drug-likeness (QED) is 0.504. The molecule has 0 aromatic carbocycles. The fourth-order valence-corrected chi connectivity index (χ4v) is 2.09. The maximum absolute atomic E-state index is 11.6. The molecule has 2 aromatic rings. The zero-order valence-corrected chi connectivity index (χ0v) is 10.2. The third-order valence-electron chi connectivity index (χ3n) is 2.82. The molecule has 0 unspecified atom stereocenters. The van der Waals surface area contributed by atoms with Crippen LogP contribution < -0.4 is 27.1 Å².